The highest BCUT2D eigenvalue weighted by Gasteiger charge is 2.23. The van der Waals surface area contributed by atoms with Gasteiger partial charge in [-0.05, 0) is 18.6 Å². The Morgan fingerprint density at radius 1 is 1.71 bits per heavy atom. The minimum Gasteiger partial charge on any atom is -0.448 e. The second-order valence-corrected chi connectivity index (χ2v) is 4.96. The topological polar surface area (TPSA) is 84.7 Å². The Labute approximate surface area is 102 Å². The molecule has 0 spiro atoms. The third-order valence-electron chi connectivity index (χ3n) is 2.58. The van der Waals surface area contributed by atoms with Gasteiger partial charge in [0.15, 0.2) is 0 Å². The maximum atomic E-state index is 11.3. The molecule has 7 heteroatoms. The molecule has 2 heterocycles. The molecular formula is C10H13N3O3S. The van der Waals surface area contributed by atoms with Crippen LogP contribution in [0.25, 0.3) is 0 Å². The number of hydrazine groups is 1. The van der Waals surface area contributed by atoms with E-state index in [9.17, 15) is 9.59 Å². The van der Waals surface area contributed by atoms with Gasteiger partial charge in [-0.3, -0.25) is 10.2 Å². The summed E-state index contributed by atoms with van der Waals surface area (Å²) in [6, 6.07) is 1.76. The molecule has 0 bridgehead atoms. The molecule has 3 N–H and O–H groups in total. The number of nitrogens with zero attached hydrogens (tertiary/aromatic N) is 1. The molecule has 1 aromatic rings. The average molecular weight is 255 g/mol. The van der Waals surface area contributed by atoms with E-state index in [0.29, 0.717) is 24.6 Å². The van der Waals surface area contributed by atoms with E-state index in [1.807, 2.05) is 6.92 Å². The third-order valence-corrected chi connectivity index (χ3v) is 3.67. The van der Waals surface area contributed by atoms with Crippen LogP contribution in [-0.2, 0) is 11.3 Å². The van der Waals surface area contributed by atoms with Crippen molar-refractivity contribution in [2.45, 2.75) is 13.5 Å². The van der Waals surface area contributed by atoms with E-state index in [2.05, 4.69) is 5.43 Å². The van der Waals surface area contributed by atoms with Gasteiger partial charge < -0.3 is 9.64 Å². The Bertz CT molecular complexity index is 458. The number of hydrogen-bond donors (Lipinski definition) is 2. The van der Waals surface area contributed by atoms with Crippen LogP contribution >= 0.6 is 11.3 Å². The van der Waals surface area contributed by atoms with E-state index in [0.717, 1.165) is 10.4 Å². The molecule has 1 aromatic heterocycles. The highest BCUT2D eigenvalue weighted by Crippen LogP contribution is 2.23. The number of thiophene rings is 1. The van der Waals surface area contributed by atoms with Crippen LogP contribution in [0.1, 0.15) is 20.1 Å². The minimum atomic E-state index is -0.312. The number of nitrogen functional groups attached to an aromatic ring is 1. The van der Waals surface area contributed by atoms with Crippen LogP contribution in [0.2, 0.25) is 0 Å². The monoisotopic (exact) mass is 255 g/mol. The van der Waals surface area contributed by atoms with Crippen molar-refractivity contribution in [3.8, 4) is 0 Å². The molecule has 0 unspecified atom stereocenters. The van der Waals surface area contributed by atoms with Crippen molar-refractivity contribution in [3.05, 3.63) is 21.4 Å². The molecule has 2 rings (SSSR count). The normalized spacial score (nSPS) is 14.9. The van der Waals surface area contributed by atoms with E-state index in [-0.39, 0.29) is 12.0 Å². The Hall–Kier alpha value is -1.60. The molecule has 0 atom stereocenters. The number of rotatable bonds is 3. The van der Waals surface area contributed by atoms with E-state index in [4.69, 9.17) is 10.6 Å². The van der Waals surface area contributed by atoms with Gasteiger partial charge in [0.25, 0.3) is 5.91 Å². The molecule has 1 saturated heterocycles. The average Bonchev–Trinajstić information content (AvgIpc) is 2.87. The van der Waals surface area contributed by atoms with Gasteiger partial charge in [-0.25, -0.2) is 10.6 Å². The van der Waals surface area contributed by atoms with E-state index < -0.39 is 0 Å². The number of carbonyl (C=O) groups is 2. The molecule has 0 saturated carbocycles. The number of ether oxygens (including phenoxy) is 1. The maximum absolute atomic E-state index is 11.3. The van der Waals surface area contributed by atoms with Crippen molar-refractivity contribution < 1.29 is 14.3 Å². The van der Waals surface area contributed by atoms with Gasteiger partial charge in [-0.2, -0.15) is 0 Å². The van der Waals surface area contributed by atoms with Gasteiger partial charge >= 0.3 is 6.09 Å². The summed E-state index contributed by atoms with van der Waals surface area (Å²) in [6.45, 7) is 3.40. The molecule has 1 fully saturated rings. The molecule has 0 aliphatic carbocycles. The summed E-state index contributed by atoms with van der Waals surface area (Å²) in [7, 11) is 0. The number of carbonyl (C=O) groups excluding carboxylic acids is 2. The zero-order valence-corrected chi connectivity index (χ0v) is 10.2. The van der Waals surface area contributed by atoms with Gasteiger partial charge in [0.1, 0.15) is 6.61 Å². The lowest BCUT2D eigenvalue weighted by atomic mass is 10.2. The van der Waals surface area contributed by atoms with Crippen LogP contribution in [0.4, 0.5) is 4.79 Å². The van der Waals surface area contributed by atoms with Crippen molar-refractivity contribution in [1.29, 1.82) is 0 Å². The first-order chi connectivity index (χ1) is 8.11. The van der Waals surface area contributed by atoms with Crippen LogP contribution < -0.4 is 11.3 Å². The smallest absolute Gasteiger partial charge is 0.410 e. The number of nitrogens with two attached hydrogens (primary N) is 1. The molecule has 17 heavy (non-hydrogen) atoms. The molecule has 6 nitrogen and oxygen atoms in total. The summed E-state index contributed by atoms with van der Waals surface area (Å²) >= 11 is 1.36. The first-order valence-electron chi connectivity index (χ1n) is 5.13. The zero-order valence-electron chi connectivity index (χ0n) is 9.36. The number of cyclic esters (lactones) is 1. The van der Waals surface area contributed by atoms with Crippen molar-refractivity contribution in [2.75, 3.05) is 13.2 Å². The lowest BCUT2D eigenvalue weighted by Gasteiger charge is -2.11. The second-order valence-electron chi connectivity index (χ2n) is 3.70. The van der Waals surface area contributed by atoms with E-state index in [1.165, 1.54) is 11.3 Å². The Morgan fingerprint density at radius 3 is 3.06 bits per heavy atom. The molecular weight excluding hydrogens is 242 g/mol. The summed E-state index contributed by atoms with van der Waals surface area (Å²) in [4.78, 5) is 25.8. The Morgan fingerprint density at radius 2 is 2.47 bits per heavy atom. The van der Waals surface area contributed by atoms with Crippen LogP contribution in [0.15, 0.2) is 6.07 Å². The first-order valence-corrected chi connectivity index (χ1v) is 5.95. The number of hydrogen-bond acceptors (Lipinski definition) is 5. The van der Waals surface area contributed by atoms with Gasteiger partial charge in [-0.1, -0.05) is 0 Å². The van der Waals surface area contributed by atoms with Crippen molar-refractivity contribution >= 4 is 23.3 Å². The summed E-state index contributed by atoms with van der Waals surface area (Å²) < 4.78 is 4.84. The minimum absolute atomic E-state index is 0.305. The van der Waals surface area contributed by atoms with Crippen LogP contribution in [0, 0.1) is 6.92 Å². The van der Waals surface area contributed by atoms with Crippen LogP contribution in [0.5, 0.6) is 0 Å². The van der Waals surface area contributed by atoms with Gasteiger partial charge in [-0.15, -0.1) is 11.3 Å². The lowest BCUT2D eigenvalue weighted by Crippen LogP contribution is -2.29. The van der Waals surface area contributed by atoms with E-state index in [1.54, 1.807) is 11.0 Å². The SMILES string of the molecule is Cc1sc(C(=O)NN)cc1CN1CCOC1=O. The van der Waals surface area contributed by atoms with Crippen LogP contribution in [-0.4, -0.2) is 30.1 Å². The predicted molar refractivity (Wildman–Crippen MR) is 62.5 cm³/mol. The fourth-order valence-electron chi connectivity index (χ4n) is 1.63. The molecule has 2 amide bonds. The fourth-order valence-corrected chi connectivity index (χ4v) is 2.57. The summed E-state index contributed by atoms with van der Waals surface area (Å²) in [5, 5.41) is 0. The molecule has 0 radical (unpaired) electrons. The summed E-state index contributed by atoms with van der Waals surface area (Å²) in [5.74, 6) is 4.76. The fraction of sp³-hybridized carbons (Fsp3) is 0.400. The van der Waals surface area contributed by atoms with Gasteiger partial charge in [0.2, 0.25) is 0 Å². The maximum Gasteiger partial charge on any atom is 0.410 e. The van der Waals surface area contributed by atoms with Crippen molar-refractivity contribution in [2.24, 2.45) is 5.84 Å². The number of aryl methyl sites for hydroxylation is 1. The highest BCUT2D eigenvalue weighted by molar-refractivity contribution is 7.14. The van der Waals surface area contributed by atoms with Crippen molar-refractivity contribution in [3.63, 3.8) is 0 Å². The Balaban J connectivity index is 2.13. The zero-order chi connectivity index (χ0) is 12.4. The first kappa shape index (κ1) is 11.9. The summed E-state index contributed by atoms with van der Waals surface area (Å²) in [5.41, 5.74) is 3.04. The Kier molecular flexibility index (Phi) is 3.30. The van der Waals surface area contributed by atoms with E-state index >= 15 is 0 Å². The van der Waals surface area contributed by atoms with Crippen molar-refractivity contribution in [1.82, 2.24) is 10.3 Å². The predicted octanol–water partition coefficient (Wildman–Crippen LogP) is 0.612. The molecule has 1 aliphatic heterocycles. The third kappa shape index (κ3) is 2.40. The lowest BCUT2D eigenvalue weighted by molar-refractivity contribution is 0.0957. The second kappa shape index (κ2) is 4.72. The standard InChI is InChI=1S/C10H13N3O3S/c1-6-7(4-8(17-6)9(14)12-11)5-13-2-3-16-10(13)15/h4H,2-3,5,11H2,1H3,(H,12,14). The van der Waals surface area contributed by atoms with Crippen LogP contribution in [0.3, 0.4) is 0 Å². The quantitative estimate of drug-likeness (QED) is 0.471. The van der Waals surface area contributed by atoms with Gasteiger partial charge in [0, 0.05) is 4.88 Å². The number of amides is 2. The molecule has 1 aliphatic rings. The number of nitrogens with one attached hydrogen (secondary N) is 1. The largest absolute Gasteiger partial charge is 0.448 e. The summed E-state index contributed by atoms with van der Waals surface area (Å²) in [6.07, 6.45) is -0.305. The molecule has 0 aromatic carbocycles. The molecule has 92 valence electrons. The highest BCUT2D eigenvalue weighted by atomic mass is 32.1. The van der Waals surface area contributed by atoms with Gasteiger partial charge in [0.05, 0.1) is 18.0 Å².